The zero-order chi connectivity index (χ0) is 12.1. The lowest BCUT2D eigenvalue weighted by molar-refractivity contribution is -0.122. The molecule has 0 aliphatic rings. The quantitative estimate of drug-likeness (QED) is 0.895. The predicted octanol–water partition coefficient (Wildman–Crippen LogP) is 2.66. The van der Waals surface area contributed by atoms with Gasteiger partial charge < -0.3 is 5.32 Å². The van der Waals surface area contributed by atoms with Gasteiger partial charge in [-0.3, -0.25) is 10.1 Å². The summed E-state index contributed by atoms with van der Waals surface area (Å²) in [6, 6.07) is 8.04. The second kappa shape index (κ2) is 7.69. The van der Waals surface area contributed by atoms with E-state index in [1.54, 1.807) is 7.05 Å². The smallest absolute Gasteiger partial charge is 0.236 e. The zero-order valence-corrected chi connectivity index (χ0v) is 12.6. The highest BCUT2D eigenvalue weighted by Gasteiger charge is 2.14. The molecule has 17 heavy (non-hydrogen) atoms. The topological polar surface area (TPSA) is 41.1 Å². The van der Waals surface area contributed by atoms with Gasteiger partial charge in [-0.1, -0.05) is 28.1 Å². The predicted molar refractivity (Wildman–Crippen MR) is 76.5 cm³/mol. The Bertz CT molecular complexity index is 356. The van der Waals surface area contributed by atoms with Crippen molar-refractivity contribution in [3.8, 4) is 0 Å². The summed E-state index contributed by atoms with van der Waals surface area (Å²) in [6.45, 7) is 3.90. The van der Waals surface area contributed by atoms with Crippen LogP contribution in [0.4, 0.5) is 0 Å². The summed E-state index contributed by atoms with van der Waals surface area (Å²) >= 11 is 3.40. The minimum atomic E-state index is -0.191. The number of amides is 1. The molecule has 0 fully saturated rings. The molecular formula is C12H18BrClN2O. The van der Waals surface area contributed by atoms with Crippen LogP contribution in [0, 0.1) is 0 Å². The molecule has 2 N–H and O–H groups in total. The molecule has 0 aliphatic carbocycles. The molecule has 1 aromatic rings. The Kier molecular flexibility index (Phi) is 7.43. The van der Waals surface area contributed by atoms with Crippen LogP contribution in [0.3, 0.4) is 0 Å². The van der Waals surface area contributed by atoms with Gasteiger partial charge in [0.15, 0.2) is 0 Å². The normalized spacial score (nSPS) is 13.4. The molecule has 0 heterocycles. The summed E-state index contributed by atoms with van der Waals surface area (Å²) in [5.41, 5.74) is 1.17. The highest BCUT2D eigenvalue weighted by molar-refractivity contribution is 9.10. The molecule has 1 rings (SSSR count). The van der Waals surface area contributed by atoms with Crippen molar-refractivity contribution < 1.29 is 4.79 Å². The Morgan fingerprint density at radius 3 is 2.24 bits per heavy atom. The number of carbonyl (C=O) groups is 1. The van der Waals surface area contributed by atoms with E-state index in [4.69, 9.17) is 0 Å². The molecule has 0 saturated heterocycles. The van der Waals surface area contributed by atoms with Gasteiger partial charge in [-0.05, 0) is 31.5 Å². The maximum Gasteiger partial charge on any atom is 0.236 e. The molecule has 0 saturated carbocycles. The second-order valence-electron chi connectivity index (χ2n) is 3.78. The van der Waals surface area contributed by atoms with Gasteiger partial charge in [-0.2, -0.15) is 0 Å². The maximum atomic E-state index is 11.4. The summed E-state index contributed by atoms with van der Waals surface area (Å²) < 4.78 is 1.06. The average Bonchev–Trinajstić information content (AvgIpc) is 2.28. The molecule has 96 valence electrons. The minimum absolute atomic E-state index is 0. The highest BCUT2D eigenvalue weighted by atomic mass is 79.9. The van der Waals surface area contributed by atoms with Crippen molar-refractivity contribution in [3.05, 3.63) is 34.3 Å². The molecule has 0 radical (unpaired) electrons. The lowest BCUT2D eigenvalue weighted by atomic mass is 10.1. The molecule has 3 nitrogen and oxygen atoms in total. The molecule has 0 spiro atoms. The fourth-order valence-electron chi connectivity index (χ4n) is 1.51. The van der Waals surface area contributed by atoms with Crippen LogP contribution in [0.25, 0.3) is 0 Å². The van der Waals surface area contributed by atoms with Crippen molar-refractivity contribution in [1.82, 2.24) is 10.6 Å². The van der Waals surface area contributed by atoms with Crippen LogP contribution in [-0.4, -0.2) is 19.0 Å². The number of rotatable bonds is 4. The third-order valence-corrected chi connectivity index (χ3v) is 3.04. The zero-order valence-electron chi connectivity index (χ0n) is 10.2. The highest BCUT2D eigenvalue weighted by Crippen LogP contribution is 2.16. The molecular weight excluding hydrogens is 304 g/mol. The van der Waals surface area contributed by atoms with Gasteiger partial charge in [0, 0.05) is 17.6 Å². The number of nitrogens with one attached hydrogen (secondary N) is 2. The molecule has 1 aromatic carbocycles. The van der Waals surface area contributed by atoms with E-state index in [9.17, 15) is 4.79 Å². The van der Waals surface area contributed by atoms with Crippen LogP contribution >= 0.6 is 28.3 Å². The Hall–Kier alpha value is -0.580. The van der Waals surface area contributed by atoms with Crippen molar-refractivity contribution in [1.29, 1.82) is 0 Å². The molecule has 0 aliphatic heterocycles. The van der Waals surface area contributed by atoms with E-state index in [2.05, 4.69) is 26.6 Å². The first-order chi connectivity index (χ1) is 7.54. The standard InChI is InChI=1S/C12H17BrN2O.ClH/c1-8(15-9(2)12(16)14-3)10-4-6-11(13)7-5-10;/h4-9,15H,1-3H3,(H,14,16);1H/t8?,9-;/m1./s1. The van der Waals surface area contributed by atoms with Crippen molar-refractivity contribution >= 4 is 34.2 Å². The Balaban J connectivity index is 0.00000256. The average molecular weight is 322 g/mol. The van der Waals surface area contributed by atoms with Crippen molar-refractivity contribution in [2.24, 2.45) is 0 Å². The number of carbonyl (C=O) groups excluding carboxylic acids is 1. The first-order valence-corrected chi connectivity index (χ1v) is 6.07. The van der Waals surface area contributed by atoms with Gasteiger partial charge in [0.05, 0.1) is 6.04 Å². The van der Waals surface area contributed by atoms with Gasteiger partial charge in [-0.15, -0.1) is 12.4 Å². The largest absolute Gasteiger partial charge is 0.358 e. The van der Waals surface area contributed by atoms with Crippen LogP contribution < -0.4 is 10.6 Å². The first-order valence-electron chi connectivity index (χ1n) is 5.27. The van der Waals surface area contributed by atoms with Crippen molar-refractivity contribution in [3.63, 3.8) is 0 Å². The molecule has 2 atom stereocenters. The van der Waals surface area contributed by atoms with Gasteiger partial charge in [0.1, 0.15) is 0 Å². The summed E-state index contributed by atoms with van der Waals surface area (Å²) in [7, 11) is 1.64. The van der Waals surface area contributed by atoms with E-state index in [1.807, 2.05) is 38.1 Å². The number of hydrogen-bond donors (Lipinski definition) is 2. The van der Waals surface area contributed by atoms with E-state index in [0.29, 0.717) is 0 Å². The van der Waals surface area contributed by atoms with E-state index >= 15 is 0 Å². The fraction of sp³-hybridized carbons (Fsp3) is 0.417. The molecule has 5 heteroatoms. The number of halogens is 2. The van der Waals surface area contributed by atoms with Crippen LogP contribution in [0.1, 0.15) is 25.5 Å². The third kappa shape index (κ3) is 5.06. The van der Waals surface area contributed by atoms with Gasteiger partial charge >= 0.3 is 0 Å². The van der Waals surface area contributed by atoms with Crippen LogP contribution in [-0.2, 0) is 4.79 Å². The van der Waals surface area contributed by atoms with Crippen molar-refractivity contribution in [2.75, 3.05) is 7.05 Å². The van der Waals surface area contributed by atoms with Gasteiger partial charge in [0.2, 0.25) is 5.91 Å². The summed E-state index contributed by atoms with van der Waals surface area (Å²) in [6.07, 6.45) is 0. The Labute approximate surface area is 117 Å². The number of benzene rings is 1. The maximum absolute atomic E-state index is 11.4. The molecule has 1 amide bonds. The third-order valence-electron chi connectivity index (χ3n) is 2.51. The summed E-state index contributed by atoms with van der Waals surface area (Å²) in [5, 5.41) is 5.86. The van der Waals surface area contributed by atoms with E-state index in [1.165, 1.54) is 5.56 Å². The minimum Gasteiger partial charge on any atom is -0.358 e. The van der Waals surface area contributed by atoms with Crippen LogP contribution in [0.15, 0.2) is 28.7 Å². The van der Waals surface area contributed by atoms with Gasteiger partial charge in [-0.25, -0.2) is 0 Å². The van der Waals surface area contributed by atoms with E-state index in [-0.39, 0.29) is 30.4 Å². The second-order valence-corrected chi connectivity index (χ2v) is 4.69. The number of likely N-dealkylation sites (N-methyl/N-ethyl adjacent to an activating group) is 1. The lowest BCUT2D eigenvalue weighted by Gasteiger charge is -2.19. The first kappa shape index (κ1) is 16.4. The Morgan fingerprint density at radius 2 is 1.76 bits per heavy atom. The molecule has 0 aromatic heterocycles. The molecule has 1 unspecified atom stereocenters. The summed E-state index contributed by atoms with van der Waals surface area (Å²) in [4.78, 5) is 11.4. The molecule has 0 bridgehead atoms. The van der Waals surface area contributed by atoms with Crippen molar-refractivity contribution in [2.45, 2.75) is 25.9 Å². The fourth-order valence-corrected chi connectivity index (χ4v) is 1.78. The SMILES string of the molecule is CNC(=O)[C@@H](C)NC(C)c1ccc(Br)cc1.Cl. The number of hydrogen-bond acceptors (Lipinski definition) is 2. The Morgan fingerprint density at radius 1 is 1.24 bits per heavy atom. The summed E-state index contributed by atoms with van der Waals surface area (Å²) in [5.74, 6) is 0.00367. The monoisotopic (exact) mass is 320 g/mol. The van der Waals surface area contributed by atoms with Gasteiger partial charge in [0.25, 0.3) is 0 Å². The van der Waals surface area contributed by atoms with Crippen LogP contribution in [0.2, 0.25) is 0 Å². The lowest BCUT2D eigenvalue weighted by Crippen LogP contribution is -2.41. The van der Waals surface area contributed by atoms with E-state index < -0.39 is 0 Å². The van der Waals surface area contributed by atoms with E-state index in [0.717, 1.165) is 4.47 Å². The van der Waals surface area contributed by atoms with Crippen LogP contribution in [0.5, 0.6) is 0 Å².